The summed E-state index contributed by atoms with van der Waals surface area (Å²) in [5, 5.41) is 6.54. The van der Waals surface area contributed by atoms with E-state index in [0.29, 0.717) is 6.04 Å². The molecule has 0 radical (unpaired) electrons. The third-order valence-corrected chi connectivity index (χ3v) is 4.56. The Kier molecular flexibility index (Phi) is 5.27. The molecule has 106 valence electrons. The quantitative estimate of drug-likeness (QED) is 0.763. The molecule has 0 aromatic rings. The number of terminal acetylenes is 1. The van der Waals surface area contributed by atoms with Gasteiger partial charge < -0.3 is 10.6 Å². The van der Waals surface area contributed by atoms with Gasteiger partial charge in [-0.05, 0) is 38.0 Å². The van der Waals surface area contributed by atoms with E-state index in [0.717, 1.165) is 25.2 Å². The minimum absolute atomic E-state index is 0.0351. The first-order valence-electron chi connectivity index (χ1n) is 7.77. The molecule has 0 spiro atoms. The summed E-state index contributed by atoms with van der Waals surface area (Å²) in [6.45, 7) is 2.09. The molecule has 1 saturated carbocycles. The van der Waals surface area contributed by atoms with Gasteiger partial charge in [0.1, 0.15) is 0 Å². The zero-order chi connectivity index (χ0) is 13.7. The van der Waals surface area contributed by atoms with Crippen LogP contribution >= 0.6 is 0 Å². The fourth-order valence-corrected chi connectivity index (χ4v) is 3.46. The number of rotatable bonds is 4. The van der Waals surface area contributed by atoms with Gasteiger partial charge in [-0.1, -0.05) is 32.1 Å². The van der Waals surface area contributed by atoms with Gasteiger partial charge in [-0.15, -0.1) is 6.42 Å². The van der Waals surface area contributed by atoms with E-state index < -0.39 is 0 Å². The van der Waals surface area contributed by atoms with Crippen LogP contribution < -0.4 is 10.6 Å². The van der Waals surface area contributed by atoms with Crippen LogP contribution in [0.25, 0.3) is 0 Å². The van der Waals surface area contributed by atoms with Gasteiger partial charge in [-0.2, -0.15) is 0 Å². The molecule has 1 aliphatic heterocycles. The number of hydrogen-bond donors (Lipinski definition) is 2. The van der Waals surface area contributed by atoms with Gasteiger partial charge in [0.15, 0.2) is 0 Å². The second-order valence-corrected chi connectivity index (χ2v) is 5.96. The van der Waals surface area contributed by atoms with Crippen LogP contribution in [-0.2, 0) is 4.79 Å². The van der Waals surface area contributed by atoms with Crippen LogP contribution in [0.5, 0.6) is 0 Å². The lowest BCUT2D eigenvalue weighted by atomic mass is 9.77. The highest BCUT2D eigenvalue weighted by Gasteiger charge is 2.34. The van der Waals surface area contributed by atoms with Crippen molar-refractivity contribution in [2.75, 3.05) is 0 Å². The molecule has 4 atom stereocenters. The van der Waals surface area contributed by atoms with Crippen LogP contribution in [0.15, 0.2) is 0 Å². The molecule has 3 heteroatoms. The zero-order valence-electron chi connectivity index (χ0n) is 12.0. The Bertz CT molecular complexity index is 347. The highest BCUT2D eigenvalue weighted by molar-refractivity contribution is 5.82. The Hall–Kier alpha value is -1.01. The minimum atomic E-state index is -0.108. The fraction of sp³-hybridized carbons (Fsp3) is 0.812. The molecule has 0 aromatic carbocycles. The van der Waals surface area contributed by atoms with E-state index in [9.17, 15) is 4.79 Å². The number of piperidine rings is 1. The largest absolute Gasteiger partial charge is 0.341 e. The molecule has 1 amide bonds. The summed E-state index contributed by atoms with van der Waals surface area (Å²) in [6, 6.07) is 0.407. The van der Waals surface area contributed by atoms with Crippen LogP contribution in [0.1, 0.15) is 58.3 Å². The average Bonchev–Trinajstić information content (AvgIpc) is 2.46. The lowest BCUT2D eigenvalue weighted by Gasteiger charge is -2.40. The highest BCUT2D eigenvalue weighted by atomic mass is 16.2. The summed E-state index contributed by atoms with van der Waals surface area (Å²) in [6.07, 6.45) is 14.7. The summed E-state index contributed by atoms with van der Waals surface area (Å²) in [5.74, 6) is 3.56. The second-order valence-electron chi connectivity index (χ2n) is 5.96. The molecule has 3 nitrogen and oxygen atoms in total. The van der Waals surface area contributed by atoms with Gasteiger partial charge in [-0.3, -0.25) is 4.79 Å². The normalized spacial score (nSPS) is 31.9. The molecule has 2 fully saturated rings. The van der Waals surface area contributed by atoms with E-state index in [1.165, 1.54) is 32.1 Å². The summed E-state index contributed by atoms with van der Waals surface area (Å²) in [7, 11) is 0. The van der Waals surface area contributed by atoms with Gasteiger partial charge in [0.25, 0.3) is 0 Å². The maximum absolute atomic E-state index is 12.2. The van der Waals surface area contributed by atoms with Crippen molar-refractivity contribution >= 4 is 5.91 Å². The molecular formula is C16H26N2O. The third kappa shape index (κ3) is 3.73. The monoisotopic (exact) mass is 262 g/mol. The third-order valence-electron chi connectivity index (χ3n) is 4.56. The van der Waals surface area contributed by atoms with Crippen LogP contribution in [0.4, 0.5) is 0 Å². The number of carbonyl (C=O) groups is 1. The molecule has 2 aliphatic rings. The summed E-state index contributed by atoms with van der Waals surface area (Å²) >= 11 is 0. The summed E-state index contributed by atoms with van der Waals surface area (Å²) in [4.78, 5) is 12.2. The molecular weight excluding hydrogens is 236 g/mol. The SMILES string of the molecule is C#CC(CCC)NC(=O)C1CCC2CCCCC2N1. The smallest absolute Gasteiger partial charge is 0.238 e. The van der Waals surface area contributed by atoms with Crippen LogP contribution in [0.3, 0.4) is 0 Å². The lowest BCUT2D eigenvalue weighted by molar-refractivity contribution is -0.124. The first-order valence-corrected chi connectivity index (χ1v) is 7.77. The molecule has 0 aromatic heterocycles. The molecule has 4 unspecified atom stereocenters. The fourth-order valence-electron chi connectivity index (χ4n) is 3.46. The van der Waals surface area contributed by atoms with Crippen molar-refractivity contribution in [1.82, 2.24) is 10.6 Å². The van der Waals surface area contributed by atoms with Crippen LogP contribution in [-0.4, -0.2) is 24.0 Å². The van der Waals surface area contributed by atoms with Crippen LogP contribution in [0.2, 0.25) is 0 Å². The first kappa shape index (κ1) is 14.4. The Labute approximate surface area is 116 Å². The zero-order valence-corrected chi connectivity index (χ0v) is 12.0. The van der Waals surface area contributed by atoms with E-state index in [4.69, 9.17) is 6.42 Å². The Balaban J connectivity index is 1.84. The number of carbonyl (C=O) groups excluding carboxylic acids is 1. The van der Waals surface area contributed by atoms with Crippen molar-refractivity contribution in [2.45, 2.75) is 76.4 Å². The number of hydrogen-bond acceptors (Lipinski definition) is 2. The maximum Gasteiger partial charge on any atom is 0.238 e. The van der Waals surface area contributed by atoms with E-state index in [-0.39, 0.29) is 18.0 Å². The van der Waals surface area contributed by atoms with Crippen molar-refractivity contribution in [3.8, 4) is 12.3 Å². The predicted molar refractivity (Wildman–Crippen MR) is 77.6 cm³/mol. The minimum Gasteiger partial charge on any atom is -0.341 e. The topological polar surface area (TPSA) is 41.1 Å². The van der Waals surface area contributed by atoms with Gasteiger partial charge in [0, 0.05) is 6.04 Å². The Morgan fingerprint density at radius 1 is 1.37 bits per heavy atom. The maximum atomic E-state index is 12.2. The molecule has 1 saturated heterocycles. The standard InChI is InChI=1S/C16H26N2O/c1-3-7-13(4-2)17-16(19)15-11-10-12-8-5-6-9-14(12)18-15/h2,12-15,18H,3,5-11H2,1H3,(H,17,19). The van der Waals surface area contributed by atoms with Gasteiger partial charge >= 0.3 is 0 Å². The number of amides is 1. The molecule has 0 bridgehead atoms. The van der Waals surface area contributed by atoms with E-state index in [1.807, 2.05) is 0 Å². The van der Waals surface area contributed by atoms with Gasteiger partial charge in [-0.25, -0.2) is 0 Å². The average molecular weight is 262 g/mol. The van der Waals surface area contributed by atoms with E-state index >= 15 is 0 Å². The van der Waals surface area contributed by atoms with E-state index in [1.54, 1.807) is 0 Å². The molecule has 2 N–H and O–H groups in total. The van der Waals surface area contributed by atoms with Crippen LogP contribution in [0, 0.1) is 18.3 Å². The predicted octanol–water partition coefficient (Wildman–Crippen LogP) is 2.22. The van der Waals surface area contributed by atoms with Gasteiger partial charge in [0.2, 0.25) is 5.91 Å². The summed E-state index contributed by atoms with van der Waals surface area (Å²) < 4.78 is 0. The molecule has 1 heterocycles. The van der Waals surface area contributed by atoms with Crippen molar-refractivity contribution < 1.29 is 4.79 Å². The van der Waals surface area contributed by atoms with E-state index in [2.05, 4.69) is 23.5 Å². The lowest BCUT2D eigenvalue weighted by Crippen LogP contribution is -2.56. The van der Waals surface area contributed by atoms with Crippen molar-refractivity contribution in [3.05, 3.63) is 0 Å². The Morgan fingerprint density at radius 3 is 2.89 bits per heavy atom. The van der Waals surface area contributed by atoms with Crippen molar-refractivity contribution in [2.24, 2.45) is 5.92 Å². The van der Waals surface area contributed by atoms with Crippen molar-refractivity contribution in [1.29, 1.82) is 0 Å². The molecule has 2 rings (SSSR count). The first-order chi connectivity index (χ1) is 9.24. The number of fused-ring (bicyclic) bond motifs is 1. The highest BCUT2D eigenvalue weighted by Crippen LogP contribution is 2.32. The van der Waals surface area contributed by atoms with Crippen molar-refractivity contribution in [3.63, 3.8) is 0 Å². The molecule has 19 heavy (non-hydrogen) atoms. The number of nitrogens with one attached hydrogen (secondary N) is 2. The van der Waals surface area contributed by atoms with Gasteiger partial charge in [0.05, 0.1) is 12.1 Å². The molecule has 1 aliphatic carbocycles. The Morgan fingerprint density at radius 2 is 2.16 bits per heavy atom. The summed E-state index contributed by atoms with van der Waals surface area (Å²) in [5.41, 5.74) is 0. The second kappa shape index (κ2) is 6.96.